The third kappa shape index (κ3) is 5.38. The van der Waals surface area contributed by atoms with Gasteiger partial charge in [0.25, 0.3) is 0 Å². The number of amides is 1. The number of hydrogen-bond donors (Lipinski definition) is 4. The van der Waals surface area contributed by atoms with Gasteiger partial charge in [0, 0.05) is 23.8 Å². The highest BCUT2D eigenvalue weighted by Gasteiger charge is 2.44. The van der Waals surface area contributed by atoms with E-state index in [4.69, 9.17) is 5.73 Å². The van der Waals surface area contributed by atoms with Crippen LogP contribution in [0.1, 0.15) is 70.6 Å². The molecule has 1 aliphatic heterocycles. The van der Waals surface area contributed by atoms with Gasteiger partial charge in [-0.05, 0) is 62.7 Å². The van der Waals surface area contributed by atoms with Gasteiger partial charge in [0.1, 0.15) is 11.7 Å². The topological polar surface area (TPSA) is 104 Å². The molecule has 0 bridgehead atoms. The summed E-state index contributed by atoms with van der Waals surface area (Å²) in [6.07, 6.45) is 8.68. The van der Waals surface area contributed by atoms with Crippen LogP contribution in [-0.2, 0) is 9.59 Å². The molecule has 8 heteroatoms. The number of carboxylic acid groups (broad SMARTS) is 1. The maximum Gasteiger partial charge on any atom is 0.306 e. The standard InChI is InChI=1S/C23H38FN3O3S/c24-13-9-10-18(19(25)11-13)20-12-31-23(26-20)27-21(28)16-7-3-1-5-14(16)15-6-2-4-8-17(15)22(29)30/h13-20,23,26H,1-12,25H2,(H,27,28)(H,29,30). The van der Waals surface area contributed by atoms with Crippen LogP contribution in [0, 0.1) is 29.6 Å². The summed E-state index contributed by atoms with van der Waals surface area (Å²) in [5.74, 6) is 0.400. The van der Waals surface area contributed by atoms with Crippen LogP contribution in [0.15, 0.2) is 0 Å². The minimum atomic E-state index is -0.784. The number of carbonyl (C=O) groups excluding carboxylic acids is 1. The molecule has 3 saturated carbocycles. The van der Waals surface area contributed by atoms with Crippen molar-refractivity contribution in [2.75, 3.05) is 5.75 Å². The first-order valence-electron chi connectivity index (χ1n) is 12.2. The van der Waals surface area contributed by atoms with Gasteiger partial charge in [-0.2, -0.15) is 0 Å². The van der Waals surface area contributed by atoms with Crippen LogP contribution in [0.2, 0.25) is 0 Å². The molecule has 4 rings (SSSR count). The van der Waals surface area contributed by atoms with Gasteiger partial charge in [0.2, 0.25) is 5.91 Å². The van der Waals surface area contributed by atoms with Crippen molar-refractivity contribution < 1.29 is 19.1 Å². The molecule has 176 valence electrons. The highest BCUT2D eigenvalue weighted by atomic mass is 32.2. The molecule has 0 aromatic heterocycles. The first kappa shape index (κ1) is 23.3. The Hall–Kier alpha value is -0.860. The number of carboxylic acids is 1. The number of halogens is 1. The Bertz CT molecular complexity index is 654. The Morgan fingerprint density at radius 3 is 2.26 bits per heavy atom. The van der Waals surface area contributed by atoms with Crippen LogP contribution in [-0.4, -0.2) is 46.5 Å². The van der Waals surface area contributed by atoms with Gasteiger partial charge in [-0.25, -0.2) is 4.39 Å². The van der Waals surface area contributed by atoms with Crippen LogP contribution in [0.5, 0.6) is 0 Å². The second-order valence-electron chi connectivity index (χ2n) is 10.2. The van der Waals surface area contributed by atoms with Crippen molar-refractivity contribution in [2.45, 2.75) is 94.4 Å². The summed E-state index contributed by atoms with van der Waals surface area (Å²) in [5.41, 5.74) is 6.08. The van der Waals surface area contributed by atoms with Gasteiger partial charge in [-0.3, -0.25) is 14.9 Å². The van der Waals surface area contributed by atoms with Crippen molar-refractivity contribution in [2.24, 2.45) is 35.3 Å². The highest BCUT2D eigenvalue weighted by molar-refractivity contribution is 8.00. The lowest BCUT2D eigenvalue weighted by molar-refractivity contribution is -0.148. The van der Waals surface area contributed by atoms with Crippen molar-refractivity contribution in [3.8, 4) is 0 Å². The Labute approximate surface area is 189 Å². The highest BCUT2D eigenvalue weighted by Crippen LogP contribution is 2.44. The fraction of sp³-hybridized carbons (Fsp3) is 0.913. The van der Waals surface area contributed by atoms with E-state index in [1.165, 1.54) is 0 Å². The Morgan fingerprint density at radius 1 is 0.935 bits per heavy atom. The van der Waals surface area contributed by atoms with E-state index in [2.05, 4.69) is 10.6 Å². The molecule has 4 fully saturated rings. The maximum absolute atomic E-state index is 13.6. The van der Waals surface area contributed by atoms with Gasteiger partial charge >= 0.3 is 5.97 Å². The molecule has 0 aromatic carbocycles. The van der Waals surface area contributed by atoms with E-state index < -0.39 is 12.1 Å². The Kier molecular flexibility index (Phi) is 7.81. The molecule has 6 nitrogen and oxygen atoms in total. The molecule has 0 radical (unpaired) electrons. The average Bonchev–Trinajstić information content (AvgIpc) is 3.21. The number of alkyl halides is 1. The molecule has 4 aliphatic rings. The van der Waals surface area contributed by atoms with E-state index in [0.717, 1.165) is 63.5 Å². The number of hydrogen-bond acceptors (Lipinski definition) is 5. The van der Waals surface area contributed by atoms with Crippen molar-refractivity contribution in [3.63, 3.8) is 0 Å². The van der Waals surface area contributed by atoms with Crippen molar-refractivity contribution in [1.82, 2.24) is 10.6 Å². The number of aliphatic carboxylic acids is 1. The van der Waals surface area contributed by atoms with Crippen LogP contribution in [0.4, 0.5) is 4.39 Å². The molecule has 5 N–H and O–H groups in total. The Morgan fingerprint density at radius 2 is 1.58 bits per heavy atom. The number of nitrogens with one attached hydrogen (secondary N) is 2. The van der Waals surface area contributed by atoms with Gasteiger partial charge in [0.05, 0.1) is 5.92 Å². The lowest BCUT2D eigenvalue weighted by Gasteiger charge is -2.41. The molecule has 0 aromatic rings. The fourth-order valence-electron chi connectivity index (χ4n) is 6.71. The van der Waals surface area contributed by atoms with E-state index in [1.54, 1.807) is 11.8 Å². The first-order chi connectivity index (χ1) is 14.9. The predicted molar refractivity (Wildman–Crippen MR) is 120 cm³/mol. The summed E-state index contributed by atoms with van der Waals surface area (Å²) in [4.78, 5) is 25.1. The van der Waals surface area contributed by atoms with Gasteiger partial charge in [-0.1, -0.05) is 25.7 Å². The number of rotatable bonds is 5. The number of thioether (sulfide) groups is 1. The quantitative estimate of drug-likeness (QED) is 0.507. The van der Waals surface area contributed by atoms with Crippen LogP contribution >= 0.6 is 11.8 Å². The van der Waals surface area contributed by atoms with Crippen molar-refractivity contribution in [1.29, 1.82) is 0 Å². The van der Waals surface area contributed by atoms with E-state index >= 15 is 0 Å². The molecular weight excluding hydrogens is 417 g/mol. The largest absolute Gasteiger partial charge is 0.481 e. The van der Waals surface area contributed by atoms with Gasteiger partial charge in [0.15, 0.2) is 0 Å². The zero-order valence-corrected chi connectivity index (χ0v) is 19.1. The summed E-state index contributed by atoms with van der Waals surface area (Å²) in [7, 11) is 0. The second-order valence-corrected chi connectivity index (χ2v) is 11.3. The molecule has 1 saturated heterocycles. The van der Waals surface area contributed by atoms with E-state index in [-0.39, 0.29) is 53.1 Å². The van der Waals surface area contributed by atoms with Gasteiger partial charge in [-0.15, -0.1) is 11.8 Å². The molecule has 1 amide bonds. The maximum atomic E-state index is 13.6. The van der Waals surface area contributed by atoms with Crippen molar-refractivity contribution >= 4 is 23.6 Å². The summed E-state index contributed by atoms with van der Waals surface area (Å²) in [6.45, 7) is 0. The fourth-order valence-corrected chi connectivity index (χ4v) is 7.92. The zero-order valence-electron chi connectivity index (χ0n) is 18.3. The van der Waals surface area contributed by atoms with Crippen LogP contribution in [0.3, 0.4) is 0 Å². The molecular formula is C23H38FN3O3S. The third-order valence-corrected chi connectivity index (χ3v) is 9.47. The van der Waals surface area contributed by atoms with E-state index in [0.29, 0.717) is 12.8 Å². The van der Waals surface area contributed by atoms with Crippen LogP contribution < -0.4 is 16.4 Å². The summed E-state index contributed by atoms with van der Waals surface area (Å²) >= 11 is 1.70. The number of nitrogens with two attached hydrogens (primary N) is 1. The number of carbonyl (C=O) groups is 2. The van der Waals surface area contributed by atoms with E-state index in [9.17, 15) is 19.1 Å². The third-order valence-electron chi connectivity index (χ3n) is 8.33. The molecule has 1 heterocycles. The first-order valence-corrected chi connectivity index (χ1v) is 13.3. The zero-order chi connectivity index (χ0) is 22.0. The van der Waals surface area contributed by atoms with Gasteiger partial charge < -0.3 is 16.2 Å². The minimum Gasteiger partial charge on any atom is -0.481 e. The molecule has 9 unspecified atom stereocenters. The monoisotopic (exact) mass is 455 g/mol. The van der Waals surface area contributed by atoms with Crippen LogP contribution in [0.25, 0.3) is 0 Å². The lowest BCUT2D eigenvalue weighted by Crippen LogP contribution is -2.52. The lowest BCUT2D eigenvalue weighted by atomic mass is 9.64. The van der Waals surface area contributed by atoms with Crippen molar-refractivity contribution in [3.05, 3.63) is 0 Å². The second kappa shape index (κ2) is 10.4. The molecule has 3 aliphatic carbocycles. The summed E-state index contributed by atoms with van der Waals surface area (Å²) in [5, 5.41) is 16.5. The normalized spacial score (nSPS) is 44.0. The minimum absolute atomic E-state index is 0.0711. The predicted octanol–water partition coefficient (Wildman–Crippen LogP) is 3.25. The summed E-state index contributed by atoms with van der Waals surface area (Å²) < 4.78 is 13.6. The molecule has 31 heavy (non-hydrogen) atoms. The SMILES string of the molecule is NC1CC(F)CCC1C1CSC(NC(=O)C2CCCCC2C2CCCCC2C(=O)O)N1. The smallest absolute Gasteiger partial charge is 0.306 e. The Balaban J connectivity index is 1.35. The summed E-state index contributed by atoms with van der Waals surface area (Å²) in [6, 6.07) is 0.0768. The molecule has 9 atom stereocenters. The van der Waals surface area contributed by atoms with E-state index in [1.807, 2.05) is 0 Å². The average molecular weight is 456 g/mol. The molecule has 0 spiro atoms.